The fourth-order valence-electron chi connectivity index (χ4n) is 3.21. The number of likely N-dealkylation sites (tertiary alicyclic amines) is 1. The smallest absolute Gasteiger partial charge is 0.260 e. The highest BCUT2D eigenvalue weighted by Crippen LogP contribution is 2.36. The number of benzene rings is 1. The van der Waals surface area contributed by atoms with E-state index in [0.29, 0.717) is 5.41 Å². The van der Waals surface area contributed by atoms with Crippen molar-refractivity contribution >= 4 is 5.91 Å². The van der Waals surface area contributed by atoms with Gasteiger partial charge in [-0.15, -0.1) is 0 Å². The van der Waals surface area contributed by atoms with Gasteiger partial charge in [0.1, 0.15) is 5.75 Å². The normalized spacial score (nSPS) is 21.1. The average Bonchev–Trinajstić information content (AvgIpc) is 2.95. The van der Waals surface area contributed by atoms with E-state index >= 15 is 0 Å². The second-order valence-corrected chi connectivity index (χ2v) is 5.91. The molecule has 1 aromatic carbocycles. The van der Waals surface area contributed by atoms with Crippen molar-refractivity contribution in [1.29, 1.82) is 0 Å². The van der Waals surface area contributed by atoms with Crippen molar-refractivity contribution in [2.45, 2.75) is 19.3 Å². The number of carbonyl (C=O) groups excluding carboxylic acids is 1. The number of nitrogens with one attached hydrogen (secondary N) is 1. The third-order valence-electron chi connectivity index (χ3n) is 4.61. The van der Waals surface area contributed by atoms with Crippen LogP contribution in [0.4, 0.5) is 0 Å². The summed E-state index contributed by atoms with van der Waals surface area (Å²) < 4.78 is 5.53. The van der Waals surface area contributed by atoms with E-state index in [1.165, 1.54) is 6.42 Å². The van der Waals surface area contributed by atoms with Crippen LogP contribution in [0.15, 0.2) is 30.3 Å². The molecule has 1 N–H and O–H groups in total. The van der Waals surface area contributed by atoms with E-state index in [-0.39, 0.29) is 12.5 Å². The van der Waals surface area contributed by atoms with E-state index in [9.17, 15) is 4.79 Å². The largest absolute Gasteiger partial charge is 0.484 e. The maximum Gasteiger partial charge on any atom is 0.260 e. The summed E-state index contributed by atoms with van der Waals surface area (Å²) in [6.07, 6.45) is 3.50. The van der Waals surface area contributed by atoms with Crippen LogP contribution in [0, 0.1) is 5.41 Å². The summed E-state index contributed by atoms with van der Waals surface area (Å²) in [5.74, 6) is 0.865. The van der Waals surface area contributed by atoms with Crippen LogP contribution in [0.5, 0.6) is 5.75 Å². The third-order valence-corrected chi connectivity index (χ3v) is 4.61. The topological polar surface area (TPSA) is 41.6 Å². The first-order valence-corrected chi connectivity index (χ1v) is 7.44. The highest BCUT2D eigenvalue weighted by Gasteiger charge is 2.37. The van der Waals surface area contributed by atoms with E-state index in [4.69, 9.17) is 4.74 Å². The predicted molar refractivity (Wildman–Crippen MR) is 77.7 cm³/mol. The molecule has 4 nitrogen and oxygen atoms in total. The van der Waals surface area contributed by atoms with Crippen molar-refractivity contribution in [3.05, 3.63) is 30.3 Å². The molecule has 2 aliphatic heterocycles. The van der Waals surface area contributed by atoms with Crippen LogP contribution in [0.2, 0.25) is 0 Å². The molecule has 0 unspecified atom stereocenters. The number of hydrogen-bond acceptors (Lipinski definition) is 3. The first kappa shape index (κ1) is 13.4. The molecular formula is C16H22N2O2. The number of para-hydroxylation sites is 1. The van der Waals surface area contributed by atoms with Crippen molar-refractivity contribution < 1.29 is 9.53 Å². The Kier molecular flexibility index (Phi) is 3.92. The van der Waals surface area contributed by atoms with Gasteiger partial charge in [0.15, 0.2) is 6.61 Å². The van der Waals surface area contributed by atoms with Crippen LogP contribution < -0.4 is 10.1 Å². The van der Waals surface area contributed by atoms with Gasteiger partial charge < -0.3 is 15.0 Å². The van der Waals surface area contributed by atoms with Gasteiger partial charge in [-0.05, 0) is 43.4 Å². The van der Waals surface area contributed by atoms with Crippen molar-refractivity contribution in [3.8, 4) is 5.75 Å². The molecule has 0 aromatic heterocycles. The number of amides is 1. The van der Waals surface area contributed by atoms with Crippen LogP contribution in [0.25, 0.3) is 0 Å². The molecule has 4 heteroatoms. The minimum Gasteiger partial charge on any atom is -0.484 e. The van der Waals surface area contributed by atoms with Gasteiger partial charge in [0.2, 0.25) is 0 Å². The quantitative estimate of drug-likeness (QED) is 0.911. The molecule has 1 spiro atoms. The molecule has 3 rings (SSSR count). The molecule has 20 heavy (non-hydrogen) atoms. The maximum absolute atomic E-state index is 12.2. The lowest BCUT2D eigenvalue weighted by Gasteiger charge is -2.38. The molecule has 0 saturated carbocycles. The van der Waals surface area contributed by atoms with Gasteiger partial charge in [-0.3, -0.25) is 4.79 Å². The lowest BCUT2D eigenvalue weighted by Crippen LogP contribution is -2.45. The second-order valence-electron chi connectivity index (χ2n) is 5.91. The molecule has 2 aliphatic rings. The lowest BCUT2D eigenvalue weighted by molar-refractivity contribution is -0.135. The lowest BCUT2D eigenvalue weighted by atomic mass is 9.78. The Hall–Kier alpha value is -1.55. The van der Waals surface area contributed by atoms with Gasteiger partial charge in [-0.2, -0.15) is 0 Å². The number of nitrogens with zero attached hydrogens (tertiary/aromatic N) is 1. The second kappa shape index (κ2) is 5.83. The van der Waals surface area contributed by atoms with Gasteiger partial charge in [0.05, 0.1) is 0 Å². The predicted octanol–water partition coefficient (Wildman–Crippen LogP) is 1.67. The molecule has 0 aliphatic carbocycles. The molecular weight excluding hydrogens is 252 g/mol. The van der Waals surface area contributed by atoms with Crippen LogP contribution in [0.3, 0.4) is 0 Å². The monoisotopic (exact) mass is 274 g/mol. The molecule has 2 heterocycles. The highest BCUT2D eigenvalue weighted by molar-refractivity contribution is 5.77. The number of carbonyl (C=O) groups is 1. The Morgan fingerprint density at radius 3 is 2.60 bits per heavy atom. The molecule has 1 aromatic rings. The van der Waals surface area contributed by atoms with E-state index in [1.54, 1.807) is 0 Å². The van der Waals surface area contributed by atoms with E-state index < -0.39 is 0 Å². The Bertz CT molecular complexity index is 445. The van der Waals surface area contributed by atoms with Gasteiger partial charge in [-0.1, -0.05) is 18.2 Å². The number of ether oxygens (including phenoxy) is 1. The molecule has 108 valence electrons. The van der Waals surface area contributed by atoms with Gasteiger partial charge in [0, 0.05) is 19.6 Å². The number of rotatable bonds is 3. The summed E-state index contributed by atoms with van der Waals surface area (Å²) in [6, 6.07) is 9.52. The average molecular weight is 274 g/mol. The molecule has 2 fully saturated rings. The van der Waals surface area contributed by atoms with Crippen molar-refractivity contribution in [1.82, 2.24) is 10.2 Å². The van der Waals surface area contributed by atoms with Crippen molar-refractivity contribution in [2.75, 3.05) is 32.8 Å². The van der Waals surface area contributed by atoms with Crippen LogP contribution in [0.1, 0.15) is 19.3 Å². The Morgan fingerprint density at radius 1 is 1.20 bits per heavy atom. The van der Waals surface area contributed by atoms with E-state index in [2.05, 4.69) is 5.32 Å². The summed E-state index contributed by atoms with van der Waals surface area (Å²) >= 11 is 0. The van der Waals surface area contributed by atoms with E-state index in [0.717, 1.165) is 44.8 Å². The fraction of sp³-hybridized carbons (Fsp3) is 0.562. The first-order chi connectivity index (χ1) is 9.77. The van der Waals surface area contributed by atoms with Gasteiger partial charge >= 0.3 is 0 Å². The summed E-state index contributed by atoms with van der Waals surface area (Å²) in [7, 11) is 0. The standard InChI is InChI=1S/C16H22N2O2/c19-15(12-20-14-4-2-1-3-5-14)18-10-7-16(8-11-18)6-9-17-13-16/h1-5,17H,6-13H2. The summed E-state index contributed by atoms with van der Waals surface area (Å²) in [6.45, 7) is 4.15. The minimum atomic E-state index is 0.106. The number of piperidine rings is 1. The minimum absolute atomic E-state index is 0.106. The fourth-order valence-corrected chi connectivity index (χ4v) is 3.21. The van der Waals surface area contributed by atoms with Crippen molar-refractivity contribution in [3.63, 3.8) is 0 Å². The molecule has 0 atom stereocenters. The number of hydrogen-bond donors (Lipinski definition) is 1. The first-order valence-electron chi connectivity index (χ1n) is 7.44. The summed E-state index contributed by atoms with van der Waals surface area (Å²) in [5, 5.41) is 3.45. The molecule has 0 bridgehead atoms. The van der Waals surface area contributed by atoms with Gasteiger partial charge in [0.25, 0.3) is 5.91 Å². The SMILES string of the molecule is O=C(COc1ccccc1)N1CCC2(CCNC2)CC1. The third kappa shape index (κ3) is 2.96. The zero-order chi connectivity index (χ0) is 13.8. The van der Waals surface area contributed by atoms with Crippen LogP contribution in [-0.2, 0) is 4.79 Å². The molecule has 0 radical (unpaired) electrons. The summed E-state index contributed by atoms with van der Waals surface area (Å²) in [5.41, 5.74) is 0.455. The Balaban J connectivity index is 1.47. The Labute approximate surface area is 120 Å². The van der Waals surface area contributed by atoms with Crippen LogP contribution in [-0.4, -0.2) is 43.6 Å². The van der Waals surface area contributed by atoms with Gasteiger partial charge in [-0.25, -0.2) is 0 Å². The van der Waals surface area contributed by atoms with Crippen molar-refractivity contribution in [2.24, 2.45) is 5.41 Å². The highest BCUT2D eigenvalue weighted by atomic mass is 16.5. The zero-order valence-corrected chi connectivity index (χ0v) is 11.8. The maximum atomic E-state index is 12.2. The Morgan fingerprint density at radius 2 is 1.95 bits per heavy atom. The van der Waals surface area contributed by atoms with E-state index in [1.807, 2.05) is 35.2 Å². The molecule has 2 saturated heterocycles. The molecule has 1 amide bonds. The van der Waals surface area contributed by atoms with Crippen LogP contribution >= 0.6 is 0 Å². The summed E-state index contributed by atoms with van der Waals surface area (Å²) in [4.78, 5) is 14.1. The zero-order valence-electron chi connectivity index (χ0n) is 11.8.